The zero-order valence-corrected chi connectivity index (χ0v) is 16.7. The van der Waals surface area contributed by atoms with Gasteiger partial charge in [0.15, 0.2) is 0 Å². The number of aryl methyl sites for hydroxylation is 1. The number of benzene rings is 1. The van der Waals surface area contributed by atoms with Gasteiger partial charge in [0.2, 0.25) is 11.9 Å². The van der Waals surface area contributed by atoms with Crippen molar-refractivity contribution in [1.29, 1.82) is 0 Å². The number of hydrogen-bond donors (Lipinski definition) is 1. The van der Waals surface area contributed by atoms with Gasteiger partial charge in [0, 0.05) is 13.0 Å². The number of likely N-dealkylation sites (N-methyl/N-ethyl adjacent to an activating group) is 1. The van der Waals surface area contributed by atoms with Gasteiger partial charge in [-0.1, -0.05) is 31.0 Å². The van der Waals surface area contributed by atoms with Crippen molar-refractivity contribution in [2.75, 3.05) is 31.6 Å². The summed E-state index contributed by atoms with van der Waals surface area (Å²) in [7, 11) is 1.53. The molecular weight excluding hydrogens is 374 g/mol. The molecule has 3 aliphatic rings. The highest BCUT2D eigenvalue weighted by Gasteiger charge is 2.55. The average Bonchev–Trinajstić information content (AvgIpc) is 3.08. The Morgan fingerprint density at radius 3 is 2.59 bits per heavy atom. The Morgan fingerprint density at radius 1 is 1.28 bits per heavy atom. The molecule has 0 saturated carbocycles. The summed E-state index contributed by atoms with van der Waals surface area (Å²) in [5.74, 6) is -0.548. The molecule has 152 valence electrons. The van der Waals surface area contributed by atoms with Crippen molar-refractivity contribution < 1.29 is 24.1 Å². The van der Waals surface area contributed by atoms with E-state index in [4.69, 9.17) is 5.11 Å². The summed E-state index contributed by atoms with van der Waals surface area (Å²) in [4.78, 5) is 45.5. The predicted molar refractivity (Wildman–Crippen MR) is 106 cm³/mol. The monoisotopic (exact) mass is 398 g/mol. The van der Waals surface area contributed by atoms with E-state index in [-0.39, 0.29) is 5.92 Å². The number of carboxylic acids is 1. The molecule has 1 saturated heterocycles. The van der Waals surface area contributed by atoms with Gasteiger partial charge in [-0.3, -0.25) is 14.5 Å². The Balaban J connectivity index is 1.75. The summed E-state index contributed by atoms with van der Waals surface area (Å²) < 4.78 is 1.89. The second kappa shape index (κ2) is 6.98. The van der Waals surface area contributed by atoms with E-state index in [9.17, 15) is 14.4 Å². The summed E-state index contributed by atoms with van der Waals surface area (Å²) in [5.41, 5.74) is 2.21. The van der Waals surface area contributed by atoms with E-state index in [1.165, 1.54) is 17.5 Å². The molecule has 1 aromatic rings. The largest absolute Gasteiger partial charge is 0.480 e. The Labute approximate surface area is 168 Å². The van der Waals surface area contributed by atoms with Crippen LogP contribution in [-0.4, -0.2) is 81.9 Å². The number of urea groups is 1. The fourth-order valence-electron chi connectivity index (χ4n) is 4.11. The number of aliphatic imine (C=N–C) groups is 1. The lowest BCUT2D eigenvalue weighted by Crippen LogP contribution is -2.64. The van der Waals surface area contributed by atoms with Crippen LogP contribution in [-0.2, 0) is 16.0 Å². The fraction of sp³-hybridized carbons (Fsp3) is 0.450. The van der Waals surface area contributed by atoms with Crippen LogP contribution >= 0.6 is 0 Å². The third-order valence-corrected chi connectivity index (χ3v) is 5.58. The molecule has 3 aliphatic heterocycles. The number of carboxylic acid groups (broad SMARTS) is 1. The highest BCUT2D eigenvalue weighted by Crippen LogP contribution is 2.28. The number of amides is 3. The molecule has 9 heteroatoms. The van der Waals surface area contributed by atoms with Crippen LogP contribution in [0, 0.1) is 5.92 Å². The van der Waals surface area contributed by atoms with E-state index in [1.54, 1.807) is 0 Å². The third kappa shape index (κ3) is 3.06. The molecule has 0 aromatic heterocycles. The molecule has 1 fully saturated rings. The van der Waals surface area contributed by atoms with E-state index in [0.29, 0.717) is 18.3 Å². The molecular formula is C20H24N5O4+. The maximum absolute atomic E-state index is 13.0. The van der Waals surface area contributed by atoms with Gasteiger partial charge in [0.25, 0.3) is 5.91 Å². The van der Waals surface area contributed by atoms with Crippen LogP contribution in [0.25, 0.3) is 0 Å². The number of carbonyl (C=O) groups excluding carboxylic acids is 2. The van der Waals surface area contributed by atoms with Gasteiger partial charge in [-0.25, -0.2) is 19.2 Å². The topological polar surface area (TPSA) is 96.5 Å². The molecule has 4 rings (SSSR count). The zero-order chi connectivity index (χ0) is 20.9. The van der Waals surface area contributed by atoms with Gasteiger partial charge in [-0.2, -0.15) is 0 Å². The summed E-state index contributed by atoms with van der Waals surface area (Å²) in [6.07, 6.45) is 0.949. The molecule has 2 atom stereocenters. The molecule has 3 amide bonds. The van der Waals surface area contributed by atoms with Crippen LogP contribution in [0.3, 0.4) is 0 Å². The Bertz CT molecular complexity index is 952. The molecule has 0 bridgehead atoms. The lowest BCUT2D eigenvalue weighted by molar-refractivity contribution is -0.545. The van der Waals surface area contributed by atoms with Crippen molar-refractivity contribution in [1.82, 2.24) is 9.80 Å². The fourth-order valence-corrected chi connectivity index (χ4v) is 4.11. The predicted octanol–water partition coefficient (Wildman–Crippen LogP) is 0.833. The number of aliphatic carboxylic acids is 1. The molecule has 0 spiro atoms. The maximum Gasteiger partial charge on any atom is 0.397 e. The van der Waals surface area contributed by atoms with Crippen molar-refractivity contribution in [3.05, 3.63) is 29.8 Å². The molecule has 29 heavy (non-hydrogen) atoms. The lowest BCUT2D eigenvalue weighted by atomic mass is 10.1. The van der Waals surface area contributed by atoms with Crippen LogP contribution < -0.4 is 4.90 Å². The zero-order valence-electron chi connectivity index (χ0n) is 16.7. The third-order valence-electron chi connectivity index (χ3n) is 5.58. The van der Waals surface area contributed by atoms with Gasteiger partial charge in [0.1, 0.15) is 12.2 Å². The smallest absolute Gasteiger partial charge is 0.397 e. The Morgan fingerprint density at radius 2 is 1.97 bits per heavy atom. The van der Waals surface area contributed by atoms with Gasteiger partial charge >= 0.3 is 18.0 Å². The van der Waals surface area contributed by atoms with Crippen molar-refractivity contribution in [3.63, 3.8) is 0 Å². The Hall–Kier alpha value is -3.23. The first-order valence-corrected chi connectivity index (χ1v) is 9.71. The number of imide groups is 1. The summed E-state index contributed by atoms with van der Waals surface area (Å²) in [5, 5.41) is 9.11. The normalized spacial score (nSPS) is 24.0. The first kappa shape index (κ1) is 19.1. The van der Waals surface area contributed by atoms with Crippen molar-refractivity contribution in [2.24, 2.45) is 10.9 Å². The molecule has 0 radical (unpaired) electrons. The van der Waals surface area contributed by atoms with E-state index in [1.807, 2.05) is 16.7 Å². The average molecular weight is 398 g/mol. The minimum atomic E-state index is -1.23. The number of amidine groups is 1. The molecule has 1 aromatic carbocycles. The molecule has 2 unspecified atom stereocenters. The number of guanidine groups is 1. The minimum absolute atomic E-state index is 0.253. The number of rotatable bonds is 4. The molecule has 9 nitrogen and oxygen atoms in total. The first-order valence-electron chi connectivity index (χ1n) is 9.71. The highest BCUT2D eigenvalue weighted by molar-refractivity contribution is 6.24. The number of hydrogen-bond acceptors (Lipinski definition) is 5. The molecule has 1 N–H and O–H groups in total. The van der Waals surface area contributed by atoms with Crippen molar-refractivity contribution in [2.45, 2.75) is 26.3 Å². The summed E-state index contributed by atoms with van der Waals surface area (Å²) in [6.45, 7) is 4.88. The van der Waals surface area contributed by atoms with Gasteiger partial charge in [0.05, 0.1) is 13.1 Å². The second-order valence-electron chi connectivity index (χ2n) is 7.72. The highest BCUT2D eigenvalue weighted by atomic mass is 16.4. The SMILES string of the molecule is CCc1ccc(N2CC(C)C[N+]3=C2N=C2C3C(=O)N(CC(=O)O)C(=O)N2C)cc1. The maximum atomic E-state index is 13.0. The molecule has 0 aliphatic carbocycles. The number of nitrogens with zero attached hydrogens (tertiary/aromatic N) is 5. The van der Waals surface area contributed by atoms with Crippen LogP contribution in [0.1, 0.15) is 19.4 Å². The summed E-state index contributed by atoms with van der Waals surface area (Å²) >= 11 is 0. The van der Waals surface area contributed by atoms with Crippen LogP contribution in [0.4, 0.5) is 10.5 Å². The van der Waals surface area contributed by atoms with E-state index in [0.717, 1.165) is 23.6 Å². The van der Waals surface area contributed by atoms with Gasteiger partial charge in [-0.15, -0.1) is 0 Å². The van der Waals surface area contributed by atoms with Crippen LogP contribution in [0.2, 0.25) is 0 Å². The van der Waals surface area contributed by atoms with Crippen molar-refractivity contribution >= 4 is 35.4 Å². The number of fused-ring (bicyclic) bond motifs is 2. The lowest BCUT2D eigenvalue weighted by Gasteiger charge is -2.34. The summed E-state index contributed by atoms with van der Waals surface area (Å²) in [6, 6.07) is 6.77. The van der Waals surface area contributed by atoms with Gasteiger partial charge in [-0.05, 0) is 24.1 Å². The van der Waals surface area contributed by atoms with Crippen LogP contribution in [0.5, 0.6) is 0 Å². The minimum Gasteiger partial charge on any atom is -0.480 e. The van der Waals surface area contributed by atoms with E-state index >= 15 is 0 Å². The van der Waals surface area contributed by atoms with Crippen LogP contribution in [0.15, 0.2) is 29.3 Å². The standard InChI is InChI=1S/C20H23N5O4/c1-4-13-5-7-14(8-6-13)23-9-12(2)10-24-16-17(21-19(23)24)22(3)20(29)25(18(16)28)11-15(26)27/h5-8,12,16H,4,9-11H2,1-3H3/p+1. The van der Waals surface area contributed by atoms with Crippen molar-refractivity contribution in [3.8, 4) is 0 Å². The number of anilines is 1. The van der Waals surface area contributed by atoms with Gasteiger partial charge < -0.3 is 5.11 Å². The first-order chi connectivity index (χ1) is 13.8. The van der Waals surface area contributed by atoms with E-state index < -0.39 is 30.5 Å². The molecule has 3 heterocycles. The quantitative estimate of drug-likeness (QED) is 0.758. The number of carbonyl (C=O) groups is 3. The van der Waals surface area contributed by atoms with E-state index in [2.05, 4.69) is 35.9 Å². The second-order valence-corrected chi connectivity index (χ2v) is 7.72. The Kier molecular flexibility index (Phi) is 4.60.